The second kappa shape index (κ2) is 7.35. The third kappa shape index (κ3) is 5.37. The summed E-state index contributed by atoms with van der Waals surface area (Å²) in [5.74, 6) is 0.354. The van der Waals surface area contributed by atoms with Crippen LogP contribution in [-0.4, -0.2) is 23.9 Å². The van der Waals surface area contributed by atoms with Gasteiger partial charge in [-0.05, 0) is 12.0 Å². The van der Waals surface area contributed by atoms with Crippen LogP contribution < -0.4 is 10.6 Å². The normalized spacial score (nSPS) is 10.3. The van der Waals surface area contributed by atoms with E-state index >= 15 is 0 Å². The minimum atomic E-state index is -0.443. The number of benzene rings is 1. The zero-order chi connectivity index (χ0) is 14.3. The molecule has 1 aromatic carbocycles. The van der Waals surface area contributed by atoms with Crippen LogP contribution in [0.1, 0.15) is 20.3 Å². The first-order valence-electron chi connectivity index (χ1n) is 6.24. The van der Waals surface area contributed by atoms with Crippen LogP contribution in [0.3, 0.4) is 0 Å². The molecule has 0 saturated carbocycles. The smallest absolute Gasteiger partial charge is 0.292 e. The number of nitro benzene ring substituents is 1. The maximum atomic E-state index is 11.5. The van der Waals surface area contributed by atoms with Gasteiger partial charge in [-0.1, -0.05) is 26.0 Å². The highest BCUT2D eigenvalue weighted by molar-refractivity contribution is 5.76. The van der Waals surface area contributed by atoms with E-state index in [0.717, 1.165) is 0 Å². The van der Waals surface area contributed by atoms with E-state index in [1.54, 1.807) is 18.2 Å². The van der Waals surface area contributed by atoms with Crippen molar-refractivity contribution >= 4 is 17.3 Å². The number of nitrogens with zero attached hydrogens (tertiary/aromatic N) is 1. The van der Waals surface area contributed by atoms with Crippen LogP contribution in [0, 0.1) is 16.0 Å². The van der Waals surface area contributed by atoms with Crippen molar-refractivity contribution in [3.63, 3.8) is 0 Å². The van der Waals surface area contributed by atoms with Gasteiger partial charge in [0.2, 0.25) is 5.91 Å². The lowest BCUT2D eigenvalue weighted by Gasteiger charge is -2.09. The Kier molecular flexibility index (Phi) is 5.78. The molecule has 1 aromatic rings. The first-order valence-corrected chi connectivity index (χ1v) is 6.24. The Morgan fingerprint density at radius 1 is 1.37 bits per heavy atom. The van der Waals surface area contributed by atoms with Crippen molar-refractivity contribution in [2.45, 2.75) is 20.3 Å². The zero-order valence-corrected chi connectivity index (χ0v) is 11.2. The molecule has 0 unspecified atom stereocenters. The minimum Gasteiger partial charge on any atom is -0.379 e. The second-order valence-corrected chi connectivity index (χ2v) is 4.65. The molecule has 6 nitrogen and oxygen atoms in total. The number of hydrogen-bond donors (Lipinski definition) is 2. The van der Waals surface area contributed by atoms with E-state index in [-0.39, 0.29) is 11.6 Å². The number of para-hydroxylation sites is 2. The van der Waals surface area contributed by atoms with Crippen molar-refractivity contribution in [1.29, 1.82) is 0 Å². The van der Waals surface area contributed by atoms with Gasteiger partial charge >= 0.3 is 0 Å². The number of hydrogen-bond acceptors (Lipinski definition) is 4. The Morgan fingerprint density at radius 3 is 2.68 bits per heavy atom. The van der Waals surface area contributed by atoms with E-state index in [9.17, 15) is 14.9 Å². The third-order valence-electron chi connectivity index (χ3n) is 2.48. The highest BCUT2D eigenvalue weighted by Crippen LogP contribution is 2.22. The summed E-state index contributed by atoms with van der Waals surface area (Å²) >= 11 is 0. The van der Waals surface area contributed by atoms with Crippen molar-refractivity contribution in [2.75, 3.05) is 18.4 Å². The van der Waals surface area contributed by atoms with Crippen LogP contribution in [0.25, 0.3) is 0 Å². The van der Waals surface area contributed by atoms with Gasteiger partial charge in [-0.15, -0.1) is 0 Å². The van der Waals surface area contributed by atoms with Crippen molar-refractivity contribution < 1.29 is 9.72 Å². The molecular formula is C13H19N3O3. The molecule has 0 heterocycles. The molecule has 19 heavy (non-hydrogen) atoms. The van der Waals surface area contributed by atoms with E-state index in [2.05, 4.69) is 10.6 Å². The van der Waals surface area contributed by atoms with Gasteiger partial charge in [0.1, 0.15) is 5.69 Å². The average molecular weight is 265 g/mol. The Balaban J connectivity index is 2.41. The van der Waals surface area contributed by atoms with Crippen LogP contribution in [0.5, 0.6) is 0 Å². The van der Waals surface area contributed by atoms with Crippen LogP contribution >= 0.6 is 0 Å². The fourth-order valence-electron chi connectivity index (χ4n) is 1.50. The van der Waals surface area contributed by atoms with Gasteiger partial charge in [0.15, 0.2) is 0 Å². The molecule has 0 atom stereocenters. The summed E-state index contributed by atoms with van der Waals surface area (Å²) in [6.45, 7) is 5.05. The van der Waals surface area contributed by atoms with Crippen molar-refractivity contribution in [1.82, 2.24) is 5.32 Å². The van der Waals surface area contributed by atoms with Crippen molar-refractivity contribution in [3.05, 3.63) is 34.4 Å². The Morgan fingerprint density at radius 2 is 2.05 bits per heavy atom. The fraction of sp³-hybridized carbons (Fsp3) is 0.462. The summed E-state index contributed by atoms with van der Waals surface area (Å²) < 4.78 is 0. The topological polar surface area (TPSA) is 84.3 Å². The van der Waals surface area contributed by atoms with Crippen LogP contribution in [0.4, 0.5) is 11.4 Å². The van der Waals surface area contributed by atoms with Gasteiger partial charge in [0.25, 0.3) is 5.69 Å². The molecular weight excluding hydrogens is 246 g/mol. The molecule has 0 saturated heterocycles. The van der Waals surface area contributed by atoms with E-state index in [1.807, 2.05) is 13.8 Å². The average Bonchev–Trinajstić information content (AvgIpc) is 2.36. The first-order chi connectivity index (χ1) is 9.00. The monoisotopic (exact) mass is 265 g/mol. The molecule has 6 heteroatoms. The van der Waals surface area contributed by atoms with E-state index in [1.165, 1.54) is 6.07 Å². The molecule has 0 aliphatic rings. The van der Waals surface area contributed by atoms with Crippen LogP contribution in [0.15, 0.2) is 24.3 Å². The molecule has 0 bridgehead atoms. The van der Waals surface area contributed by atoms with Crippen molar-refractivity contribution in [2.24, 2.45) is 5.92 Å². The molecule has 0 radical (unpaired) electrons. The third-order valence-corrected chi connectivity index (χ3v) is 2.48. The number of carbonyl (C=O) groups is 1. The maximum absolute atomic E-state index is 11.5. The molecule has 2 N–H and O–H groups in total. The van der Waals surface area contributed by atoms with Crippen LogP contribution in [-0.2, 0) is 4.79 Å². The predicted octanol–water partition coefficient (Wildman–Crippen LogP) is 2.17. The zero-order valence-electron chi connectivity index (χ0n) is 11.2. The molecule has 0 spiro atoms. The van der Waals surface area contributed by atoms with E-state index in [0.29, 0.717) is 31.1 Å². The summed E-state index contributed by atoms with van der Waals surface area (Å²) in [6.07, 6.45) is 0.290. The van der Waals surface area contributed by atoms with Gasteiger partial charge in [0.05, 0.1) is 4.92 Å². The lowest BCUT2D eigenvalue weighted by Crippen LogP contribution is -2.28. The number of nitrogens with one attached hydrogen (secondary N) is 2. The number of amides is 1. The number of anilines is 1. The van der Waals surface area contributed by atoms with Crippen LogP contribution in [0.2, 0.25) is 0 Å². The summed E-state index contributed by atoms with van der Waals surface area (Å²) in [5.41, 5.74) is 0.453. The maximum Gasteiger partial charge on any atom is 0.292 e. The van der Waals surface area contributed by atoms with Gasteiger partial charge in [-0.25, -0.2) is 0 Å². The molecule has 1 rings (SSSR count). The molecule has 0 aromatic heterocycles. The van der Waals surface area contributed by atoms with Gasteiger partial charge < -0.3 is 10.6 Å². The lowest BCUT2D eigenvalue weighted by atomic mass is 10.2. The fourth-order valence-corrected chi connectivity index (χ4v) is 1.50. The SMILES string of the molecule is CC(C)CNC(=O)CCNc1ccccc1[N+](=O)[O-]. The first kappa shape index (κ1) is 14.9. The largest absolute Gasteiger partial charge is 0.379 e. The lowest BCUT2D eigenvalue weighted by molar-refractivity contribution is -0.384. The van der Waals surface area contributed by atoms with E-state index in [4.69, 9.17) is 0 Å². The Labute approximate surface area is 112 Å². The summed E-state index contributed by atoms with van der Waals surface area (Å²) in [4.78, 5) is 21.8. The minimum absolute atomic E-state index is 0.0186. The van der Waals surface area contributed by atoms with Gasteiger partial charge in [0, 0.05) is 25.6 Å². The molecule has 0 aliphatic heterocycles. The van der Waals surface area contributed by atoms with Gasteiger partial charge in [-0.3, -0.25) is 14.9 Å². The number of rotatable bonds is 7. The van der Waals surface area contributed by atoms with Crippen molar-refractivity contribution in [3.8, 4) is 0 Å². The quantitative estimate of drug-likeness (QED) is 0.584. The highest BCUT2D eigenvalue weighted by atomic mass is 16.6. The number of carbonyl (C=O) groups excluding carboxylic acids is 1. The summed E-state index contributed by atoms with van der Waals surface area (Å²) in [5, 5.41) is 16.5. The number of nitro groups is 1. The Hall–Kier alpha value is -2.11. The molecule has 104 valence electrons. The standard InChI is InChI=1S/C13H19N3O3/c1-10(2)9-15-13(17)7-8-14-11-5-3-4-6-12(11)16(18)19/h3-6,10,14H,7-9H2,1-2H3,(H,15,17). The summed E-state index contributed by atoms with van der Waals surface area (Å²) in [6, 6.07) is 6.39. The molecule has 1 amide bonds. The predicted molar refractivity (Wildman–Crippen MR) is 74.1 cm³/mol. The highest BCUT2D eigenvalue weighted by Gasteiger charge is 2.11. The molecule has 0 aliphatic carbocycles. The summed E-state index contributed by atoms with van der Waals surface area (Å²) in [7, 11) is 0. The second-order valence-electron chi connectivity index (χ2n) is 4.65. The van der Waals surface area contributed by atoms with Gasteiger partial charge in [-0.2, -0.15) is 0 Å². The van der Waals surface area contributed by atoms with E-state index < -0.39 is 4.92 Å². The molecule has 0 fully saturated rings. The Bertz CT molecular complexity index is 447.